The number of nitrogens with zero attached hydrogens (tertiary/aromatic N) is 3. The van der Waals surface area contributed by atoms with Gasteiger partial charge in [0.15, 0.2) is 0 Å². The first-order valence-corrected chi connectivity index (χ1v) is 9.01. The predicted octanol–water partition coefficient (Wildman–Crippen LogP) is 3.05. The number of anilines is 1. The molecule has 7 nitrogen and oxygen atoms in total. The minimum atomic E-state index is -0.830. The second-order valence-electron chi connectivity index (χ2n) is 6.00. The summed E-state index contributed by atoms with van der Waals surface area (Å²) in [5, 5.41) is 19.6. The van der Waals surface area contributed by atoms with Crippen molar-refractivity contribution in [2.75, 3.05) is 31.1 Å². The van der Waals surface area contributed by atoms with E-state index in [9.17, 15) is 14.9 Å². The lowest BCUT2D eigenvalue weighted by Gasteiger charge is -2.35. The highest BCUT2D eigenvalue weighted by Crippen LogP contribution is 2.27. The van der Waals surface area contributed by atoms with E-state index in [0.29, 0.717) is 0 Å². The SMILES string of the molecule is O=C(O)Cc1cccc(SN2CCN(c3ccc([N+](=O)[O-])cc3)CC2)c1. The lowest BCUT2D eigenvalue weighted by atomic mass is 10.2. The summed E-state index contributed by atoms with van der Waals surface area (Å²) in [6.45, 7) is 3.37. The standard InChI is InChI=1S/C18H19N3O4S/c22-18(23)13-14-2-1-3-17(12-14)26-20-10-8-19(9-11-20)15-4-6-16(7-5-15)21(24)25/h1-7,12H,8-11,13H2,(H,22,23). The van der Waals surface area contributed by atoms with E-state index >= 15 is 0 Å². The Labute approximate surface area is 155 Å². The molecule has 0 aromatic heterocycles. The highest BCUT2D eigenvalue weighted by molar-refractivity contribution is 7.97. The number of carboxylic acid groups (broad SMARTS) is 1. The second-order valence-corrected chi connectivity index (χ2v) is 7.17. The van der Waals surface area contributed by atoms with Gasteiger partial charge >= 0.3 is 5.97 Å². The molecule has 1 saturated heterocycles. The molecule has 0 aliphatic carbocycles. The van der Waals surface area contributed by atoms with Gasteiger partial charge in [-0.05, 0) is 41.8 Å². The second kappa shape index (κ2) is 8.20. The van der Waals surface area contributed by atoms with Crippen LogP contribution in [0.3, 0.4) is 0 Å². The Morgan fingerprint density at radius 2 is 1.81 bits per heavy atom. The summed E-state index contributed by atoms with van der Waals surface area (Å²) in [5.41, 5.74) is 1.89. The van der Waals surface area contributed by atoms with Gasteiger partial charge in [0.1, 0.15) is 0 Å². The monoisotopic (exact) mass is 373 g/mol. The van der Waals surface area contributed by atoms with Crippen molar-refractivity contribution in [2.45, 2.75) is 11.3 Å². The summed E-state index contributed by atoms with van der Waals surface area (Å²) in [5.74, 6) is -0.830. The zero-order valence-corrected chi connectivity index (χ0v) is 14.9. The van der Waals surface area contributed by atoms with Crippen molar-refractivity contribution in [3.63, 3.8) is 0 Å². The minimum Gasteiger partial charge on any atom is -0.481 e. The van der Waals surface area contributed by atoms with Gasteiger partial charge < -0.3 is 10.0 Å². The molecule has 3 rings (SSSR count). The van der Waals surface area contributed by atoms with E-state index in [-0.39, 0.29) is 12.1 Å². The summed E-state index contributed by atoms with van der Waals surface area (Å²) in [6.07, 6.45) is 0.0301. The van der Waals surface area contributed by atoms with Gasteiger partial charge in [0, 0.05) is 48.9 Å². The van der Waals surface area contributed by atoms with E-state index in [4.69, 9.17) is 5.11 Å². The molecular weight excluding hydrogens is 354 g/mol. The molecule has 0 atom stereocenters. The van der Waals surface area contributed by atoms with Crippen LogP contribution in [0, 0.1) is 10.1 Å². The third-order valence-corrected chi connectivity index (χ3v) is 5.24. The average molecular weight is 373 g/mol. The van der Waals surface area contributed by atoms with Crippen molar-refractivity contribution < 1.29 is 14.8 Å². The quantitative estimate of drug-likeness (QED) is 0.473. The van der Waals surface area contributed by atoms with Gasteiger partial charge in [0.05, 0.1) is 11.3 Å². The third-order valence-electron chi connectivity index (χ3n) is 4.15. The molecule has 26 heavy (non-hydrogen) atoms. The van der Waals surface area contributed by atoms with Crippen molar-refractivity contribution >= 4 is 29.3 Å². The van der Waals surface area contributed by atoms with E-state index in [1.807, 2.05) is 24.3 Å². The van der Waals surface area contributed by atoms with Crippen LogP contribution in [-0.2, 0) is 11.2 Å². The highest BCUT2D eigenvalue weighted by Gasteiger charge is 2.19. The lowest BCUT2D eigenvalue weighted by molar-refractivity contribution is -0.384. The van der Waals surface area contributed by atoms with Gasteiger partial charge in [0.25, 0.3) is 5.69 Å². The van der Waals surface area contributed by atoms with Crippen LogP contribution in [0.1, 0.15) is 5.56 Å². The van der Waals surface area contributed by atoms with Crippen LogP contribution >= 0.6 is 11.9 Å². The normalized spacial score (nSPS) is 15.0. The van der Waals surface area contributed by atoms with Crippen LogP contribution in [0.5, 0.6) is 0 Å². The fourth-order valence-electron chi connectivity index (χ4n) is 2.86. The van der Waals surface area contributed by atoms with Gasteiger partial charge in [-0.1, -0.05) is 12.1 Å². The first-order chi connectivity index (χ1) is 12.5. The molecule has 0 bridgehead atoms. The lowest BCUT2D eigenvalue weighted by Crippen LogP contribution is -2.43. The molecule has 0 amide bonds. The molecule has 1 fully saturated rings. The Bertz CT molecular complexity index is 789. The van der Waals surface area contributed by atoms with E-state index in [0.717, 1.165) is 42.3 Å². The van der Waals surface area contributed by atoms with Gasteiger partial charge in [0.2, 0.25) is 0 Å². The molecule has 1 aliphatic heterocycles. The third kappa shape index (κ3) is 4.74. The van der Waals surface area contributed by atoms with E-state index in [1.165, 1.54) is 12.1 Å². The number of non-ortho nitro benzene ring substituents is 1. The van der Waals surface area contributed by atoms with E-state index in [2.05, 4.69) is 9.21 Å². The van der Waals surface area contributed by atoms with Crippen LogP contribution in [0.4, 0.5) is 11.4 Å². The van der Waals surface area contributed by atoms with Crippen LogP contribution in [-0.4, -0.2) is 46.5 Å². The van der Waals surface area contributed by atoms with Gasteiger partial charge in [-0.25, -0.2) is 4.31 Å². The molecule has 8 heteroatoms. The number of carboxylic acids is 1. The molecule has 136 valence electrons. The van der Waals surface area contributed by atoms with Gasteiger partial charge in [-0.2, -0.15) is 0 Å². The zero-order chi connectivity index (χ0) is 18.5. The maximum atomic E-state index is 10.8. The number of benzene rings is 2. The number of hydrogen-bond donors (Lipinski definition) is 1. The van der Waals surface area contributed by atoms with Crippen LogP contribution in [0.25, 0.3) is 0 Å². The van der Waals surface area contributed by atoms with Crippen LogP contribution < -0.4 is 4.90 Å². The fraction of sp³-hybridized carbons (Fsp3) is 0.278. The average Bonchev–Trinajstić information content (AvgIpc) is 2.62. The molecule has 0 spiro atoms. The molecule has 0 radical (unpaired) electrons. The molecule has 1 heterocycles. The Morgan fingerprint density at radius 1 is 1.12 bits per heavy atom. The number of nitro benzene ring substituents is 1. The van der Waals surface area contributed by atoms with Gasteiger partial charge in [-0.15, -0.1) is 0 Å². The van der Waals surface area contributed by atoms with Crippen molar-refractivity contribution in [1.82, 2.24) is 4.31 Å². The maximum absolute atomic E-state index is 10.8. The Balaban J connectivity index is 1.55. The Kier molecular flexibility index (Phi) is 5.75. The summed E-state index contributed by atoms with van der Waals surface area (Å²) >= 11 is 1.63. The summed E-state index contributed by atoms with van der Waals surface area (Å²) in [4.78, 5) is 24.4. The van der Waals surface area contributed by atoms with Gasteiger partial charge in [-0.3, -0.25) is 14.9 Å². The van der Waals surface area contributed by atoms with Crippen molar-refractivity contribution in [1.29, 1.82) is 0 Å². The number of hydrogen-bond acceptors (Lipinski definition) is 6. The van der Waals surface area contributed by atoms with Crippen LogP contribution in [0.15, 0.2) is 53.4 Å². The first kappa shape index (κ1) is 18.2. The molecule has 0 unspecified atom stereocenters. The number of carbonyl (C=O) groups is 1. The Hall–Kier alpha value is -2.58. The summed E-state index contributed by atoms with van der Waals surface area (Å²) in [6, 6.07) is 14.3. The molecule has 2 aromatic rings. The van der Waals surface area contributed by atoms with Crippen molar-refractivity contribution in [3.05, 3.63) is 64.2 Å². The molecular formula is C18H19N3O4S. The topological polar surface area (TPSA) is 86.9 Å². The van der Waals surface area contributed by atoms with Crippen molar-refractivity contribution in [2.24, 2.45) is 0 Å². The predicted molar refractivity (Wildman–Crippen MR) is 101 cm³/mol. The molecule has 1 N–H and O–H groups in total. The summed E-state index contributed by atoms with van der Waals surface area (Å²) in [7, 11) is 0. The number of aliphatic carboxylic acids is 1. The smallest absolute Gasteiger partial charge is 0.307 e. The Morgan fingerprint density at radius 3 is 2.42 bits per heavy atom. The fourth-order valence-corrected chi connectivity index (χ4v) is 3.85. The molecule has 0 saturated carbocycles. The molecule has 1 aliphatic rings. The molecule has 2 aromatic carbocycles. The first-order valence-electron chi connectivity index (χ1n) is 8.24. The number of rotatable bonds is 6. The highest BCUT2D eigenvalue weighted by atomic mass is 32.2. The van der Waals surface area contributed by atoms with Crippen molar-refractivity contribution in [3.8, 4) is 0 Å². The maximum Gasteiger partial charge on any atom is 0.307 e. The number of nitro groups is 1. The minimum absolute atomic E-state index is 0.0301. The number of piperazine rings is 1. The zero-order valence-electron chi connectivity index (χ0n) is 14.1. The van der Waals surface area contributed by atoms with Crippen LogP contribution in [0.2, 0.25) is 0 Å². The van der Waals surface area contributed by atoms with E-state index < -0.39 is 10.9 Å². The largest absolute Gasteiger partial charge is 0.481 e. The van der Waals surface area contributed by atoms with E-state index in [1.54, 1.807) is 24.1 Å². The summed E-state index contributed by atoms with van der Waals surface area (Å²) < 4.78 is 2.25.